The van der Waals surface area contributed by atoms with Crippen molar-refractivity contribution in [2.45, 2.75) is 32.1 Å². The lowest BCUT2D eigenvalue weighted by molar-refractivity contribution is -0.143. The van der Waals surface area contributed by atoms with Crippen molar-refractivity contribution in [1.29, 1.82) is 0 Å². The number of hydrogen-bond acceptors (Lipinski definition) is 3. The molecule has 0 amide bonds. The van der Waals surface area contributed by atoms with Crippen LogP contribution in [0.1, 0.15) is 30.4 Å². The summed E-state index contributed by atoms with van der Waals surface area (Å²) in [5, 5.41) is 9.06. The summed E-state index contributed by atoms with van der Waals surface area (Å²) >= 11 is 0. The molecule has 144 valence electrons. The lowest BCUT2D eigenvalue weighted by atomic mass is 9.97. The summed E-state index contributed by atoms with van der Waals surface area (Å²) in [5.41, 5.74) is 2.65. The zero-order valence-electron chi connectivity index (χ0n) is 15.8. The van der Waals surface area contributed by atoms with Crippen LogP contribution in [0.5, 0.6) is 5.75 Å². The molecule has 0 unspecified atom stereocenters. The maximum absolute atomic E-state index is 11.0. The third kappa shape index (κ3) is 6.40. The summed E-state index contributed by atoms with van der Waals surface area (Å²) < 4.78 is 5.85. The number of carboxylic acids is 1. The molecule has 1 fully saturated rings. The van der Waals surface area contributed by atoms with Gasteiger partial charge in [-0.1, -0.05) is 42.5 Å². The molecule has 1 aliphatic rings. The third-order valence-electron chi connectivity index (χ3n) is 5.30. The number of carboxylic acid groups (broad SMARTS) is 1. The van der Waals surface area contributed by atoms with Gasteiger partial charge in [0.05, 0.1) is 12.5 Å². The summed E-state index contributed by atoms with van der Waals surface area (Å²) in [5.74, 6) is 0.127. The minimum atomic E-state index is -0.644. The van der Waals surface area contributed by atoms with Crippen molar-refractivity contribution in [2.75, 3.05) is 26.2 Å². The minimum Gasteiger partial charge on any atom is -0.494 e. The normalized spacial score (nSPS) is 15.6. The van der Waals surface area contributed by atoms with Crippen molar-refractivity contribution in [2.24, 2.45) is 5.92 Å². The van der Waals surface area contributed by atoms with Crippen molar-refractivity contribution >= 4 is 5.97 Å². The van der Waals surface area contributed by atoms with Gasteiger partial charge in [-0.15, -0.1) is 0 Å². The third-order valence-corrected chi connectivity index (χ3v) is 5.30. The molecule has 1 heterocycles. The molecule has 0 atom stereocenters. The Balaban J connectivity index is 1.33. The van der Waals surface area contributed by atoms with Gasteiger partial charge in [0.25, 0.3) is 0 Å². The summed E-state index contributed by atoms with van der Waals surface area (Å²) in [6.07, 6.45) is 4.58. The lowest BCUT2D eigenvalue weighted by Crippen LogP contribution is -2.37. The molecule has 0 spiro atoms. The fourth-order valence-electron chi connectivity index (χ4n) is 3.55. The molecule has 3 rings (SSSR count). The molecule has 27 heavy (non-hydrogen) atoms. The highest BCUT2D eigenvalue weighted by Gasteiger charge is 2.23. The minimum absolute atomic E-state index is 0.153. The molecule has 1 N–H and O–H groups in total. The standard InChI is InChI=1S/C23H29NO3/c25-23(26)21-13-16-24(17-14-21)15-12-20-8-10-22(11-9-20)27-18-4-7-19-5-2-1-3-6-19/h1-3,5-6,8-11,21H,4,7,12-18H2,(H,25,26). The van der Waals surface area contributed by atoms with E-state index in [1.165, 1.54) is 11.1 Å². The fourth-order valence-corrected chi connectivity index (χ4v) is 3.55. The number of likely N-dealkylation sites (tertiary alicyclic amines) is 1. The average Bonchev–Trinajstić information content (AvgIpc) is 2.71. The van der Waals surface area contributed by atoms with E-state index in [0.717, 1.165) is 64.1 Å². The highest BCUT2D eigenvalue weighted by molar-refractivity contribution is 5.70. The first-order chi connectivity index (χ1) is 13.2. The maximum atomic E-state index is 11.0. The van der Waals surface area contributed by atoms with Gasteiger partial charge in [-0.2, -0.15) is 0 Å². The Hall–Kier alpha value is -2.33. The van der Waals surface area contributed by atoms with Crippen LogP contribution in [-0.2, 0) is 17.6 Å². The monoisotopic (exact) mass is 367 g/mol. The Labute approximate surface area is 161 Å². The molecule has 0 aliphatic carbocycles. The number of carbonyl (C=O) groups is 1. The van der Waals surface area contributed by atoms with Crippen LogP contribution in [0.3, 0.4) is 0 Å². The van der Waals surface area contributed by atoms with Crippen LogP contribution in [0.25, 0.3) is 0 Å². The first-order valence-corrected chi connectivity index (χ1v) is 9.91. The lowest BCUT2D eigenvalue weighted by Gasteiger charge is -2.29. The van der Waals surface area contributed by atoms with Gasteiger partial charge in [0.15, 0.2) is 0 Å². The number of benzene rings is 2. The van der Waals surface area contributed by atoms with Gasteiger partial charge in [0.2, 0.25) is 0 Å². The van der Waals surface area contributed by atoms with Crippen LogP contribution >= 0.6 is 0 Å². The molecule has 1 saturated heterocycles. The average molecular weight is 367 g/mol. The molecular formula is C23H29NO3. The summed E-state index contributed by atoms with van der Waals surface area (Å²) in [6.45, 7) is 3.50. The van der Waals surface area contributed by atoms with Crippen molar-refractivity contribution in [3.05, 3.63) is 65.7 Å². The number of hydrogen-bond donors (Lipinski definition) is 1. The van der Waals surface area contributed by atoms with Gasteiger partial charge >= 0.3 is 5.97 Å². The van der Waals surface area contributed by atoms with E-state index < -0.39 is 5.97 Å². The van der Waals surface area contributed by atoms with Gasteiger partial charge in [-0.3, -0.25) is 4.79 Å². The van der Waals surface area contributed by atoms with Gasteiger partial charge in [0, 0.05) is 6.54 Å². The second-order valence-corrected chi connectivity index (χ2v) is 7.29. The number of rotatable bonds is 9. The molecule has 4 heteroatoms. The topological polar surface area (TPSA) is 49.8 Å². The van der Waals surface area contributed by atoms with Gasteiger partial charge in [-0.25, -0.2) is 0 Å². The summed E-state index contributed by atoms with van der Waals surface area (Å²) in [7, 11) is 0. The number of ether oxygens (including phenoxy) is 1. The molecule has 4 nitrogen and oxygen atoms in total. The quantitative estimate of drug-likeness (QED) is 0.680. The number of aliphatic carboxylic acids is 1. The van der Waals surface area contributed by atoms with E-state index in [9.17, 15) is 4.79 Å². The van der Waals surface area contributed by atoms with Crippen LogP contribution in [0.15, 0.2) is 54.6 Å². The van der Waals surface area contributed by atoms with Crippen molar-refractivity contribution < 1.29 is 14.6 Å². The summed E-state index contributed by atoms with van der Waals surface area (Å²) in [4.78, 5) is 13.4. The molecular weight excluding hydrogens is 338 g/mol. The Morgan fingerprint density at radius 2 is 1.63 bits per heavy atom. The first-order valence-electron chi connectivity index (χ1n) is 9.91. The van der Waals surface area contributed by atoms with E-state index in [1.54, 1.807) is 0 Å². The molecule has 2 aromatic rings. The SMILES string of the molecule is O=C(O)C1CCN(CCc2ccc(OCCCc3ccccc3)cc2)CC1. The van der Waals surface area contributed by atoms with Crippen LogP contribution in [0.2, 0.25) is 0 Å². The number of piperidine rings is 1. The van der Waals surface area contributed by atoms with Crippen LogP contribution in [0.4, 0.5) is 0 Å². The molecule has 0 saturated carbocycles. The molecule has 0 bridgehead atoms. The van der Waals surface area contributed by atoms with Crippen molar-refractivity contribution in [3.63, 3.8) is 0 Å². The molecule has 0 radical (unpaired) electrons. The molecule has 1 aliphatic heterocycles. The van der Waals surface area contributed by atoms with Gasteiger partial charge in [-0.05, 0) is 68.5 Å². The second kappa shape index (κ2) is 10.1. The Morgan fingerprint density at radius 3 is 2.30 bits per heavy atom. The van der Waals surface area contributed by atoms with Crippen molar-refractivity contribution in [1.82, 2.24) is 4.90 Å². The number of aryl methyl sites for hydroxylation is 1. The predicted molar refractivity (Wildman–Crippen MR) is 107 cm³/mol. The highest BCUT2D eigenvalue weighted by Crippen LogP contribution is 2.18. The zero-order chi connectivity index (χ0) is 18.9. The number of nitrogens with zero attached hydrogens (tertiary/aromatic N) is 1. The van der Waals surface area contributed by atoms with E-state index >= 15 is 0 Å². The first kappa shape index (κ1) is 19.4. The summed E-state index contributed by atoms with van der Waals surface area (Å²) in [6, 6.07) is 18.9. The zero-order valence-corrected chi connectivity index (χ0v) is 15.8. The second-order valence-electron chi connectivity index (χ2n) is 7.29. The predicted octanol–water partition coefficient (Wildman–Crippen LogP) is 4.04. The fraction of sp³-hybridized carbons (Fsp3) is 0.435. The maximum Gasteiger partial charge on any atom is 0.306 e. The Bertz CT molecular complexity index is 691. The van der Waals surface area contributed by atoms with Gasteiger partial charge < -0.3 is 14.7 Å². The smallest absolute Gasteiger partial charge is 0.306 e. The van der Waals surface area contributed by atoms with Gasteiger partial charge in [0.1, 0.15) is 5.75 Å². The van der Waals surface area contributed by atoms with E-state index in [-0.39, 0.29) is 5.92 Å². The van der Waals surface area contributed by atoms with E-state index in [4.69, 9.17) is 9.84 Å². The van der Waals surface area contributed by atoms with Crippen molar-refractivity contribution in [3.8, 4) is 5.75 Å². The molecule has 2 aromatic carbocycles. The van der Waals surface area contributed by atoms with Crippen LogP contribution in [-0.4, -0.2) is 42.2 Å². The van der Waals surface area contributed by atoms with E-state index in [1.807, 2.05) is 6.07 Å². The van der Waals surface area contributed by atoms with E-state index in [2.05, 4.69) is 53.4 Å². The van der Waals surface area contributed by atoms with E-state index in [0.29, 0.717) is 0 Å². The Morgan fingerprint density at radius 1 is 0.963 bits per heavy atom. The largest absolute Gasteiger partial charge is 0.494 e. The van der Waals surface area contributed by atoms with Crippen LogP contribution < -0.4 is 4.74 Å². The molecule has 0 aromatic heterocycles. The van der Waals surface area contributed by atoms with Crippen LogP contribution in [0, 0.1) is 5.92 Å². The Kier molecular flexibility index (Phi) is 7.28. The highest BCUT2D eigenvalue weighted by atomic mass is 16.5.